The van der Waals surface area contributed by atoms with Crippen LogP contribution in [0.15, 0.2) is 29.2 Å². The van der Waals surface area contributed by atoms with Gasteiger partial charge in [-0.15, -0.1) is 0 Å². The van der Waals surface area contributed by atoms with Gasteiger partial charge in [-0.05, 0) is 30.9 Å². The van der Waals surface area contributed by atoms with E-state index in [9.17, 15) is 13.2 Å². The summed E-state index contributed by atoms with van der Waals surface area (Å²) < 4.78 is 26.7. The molecule has 0 saturated carbocycles. The van der Waals surface area contributed by atoms with Gasteiger partial charge >= 0.3 is 5.97 Å². The van der Waals surface area contributed by atoms with Gasteiger partial charge in [-0.3, -0.25) is 0 Å². The Hall–Kier alpha value is -1.40. The Morgan fingerprint density at radius 1 is 1.40 bits per heavy atom. The largest absolute Gasteiger partial charge is 0.478 e. The molecular weight excluding hydrogens is 278 g/mol. The van der Waals surface area contributed by atoms with E-state index in [2.05, 4.69) is 0 Å². The highest BCUT2D eigenvalue weighted by molar-refractivity contribution is 7.89. The van der Waals surface area contributed by atoms with Crippen molar-refractivity contribution in [3.63, 3.8) is 0 Å². The van der Waals surface area contributed by atoms with Crippen molar-refractivity contribution in [1.82, 2.24) is 4.31 Å². The van der Waals surface area contributed by atoms with E-state index in [1.165, 1.54) is 22.5 Å². The maximum atomic E-state index is 12.6. The number of sulfonamides is 1. The number of rotatable bonds is 4. The molecule has 5 nitrogen and oxygen atoms in total. The maximum absolute atomic E-state index is 12.6. The summed E-state index contributed by atoms with van der Waals surface area (Å²) in [7, 11) is -3.73. The van der Waals surface area contributed by atoms with E-state index in [0.717, 1.165) is 19.3 Å². The van der Waals surface area contributed by atoms with E-state index < -0.39 is 16.0 Å². The highest BCUT2D eigenvalue weighted by Gasteiger charge is 2.32. The highest BCUT2D eigenvalue weighted by Crippen LogP contribution is 2.26. The minimum Gasteiger partial charge on any atom is -0.478 e. The molecule has 1 aromatic rings. The lowest BCUT2D eigenvalue weighted by atomic mass is 9.97. The van der Waals surface area contributed by atoms with E-state index in [0.29, 0.717) is 19.0 Å². The lowest BCUT2D eigenvalue weighted by molar-refractivity contribution is 0.0692. The van der Waals surface area contributed by atoms with Gasteiger partial charge in [-0.1, -0.05) is 25.5 Å². The molecule has 1 saturated heterocycles. The van der Waals surface area contributed by atoms with Crippen molar-refractivity contribution >= 4 is 16.0 Å². The number of nitrogens with zero attached hydrogens (tertiary/aromatic N) is 1. The Morgan fingerprint density at radius 2 is 2.10 bits per heavy atom. The van der Waals surface area contributed by atoms with E-state index in [1.807, 2.05) is 6.92 Å². The number of carboxylic acids is 1. The van der Waals surface area contributed by atoms with Crippen LogP contribution in [-0.4, -0.2) is 36.9 Å². The van der Waals surface area contributed by atoms with Crippen LogP contribution in [0.5, 0.6) is 0 Å². The third-order valence-electron chi connectivity index (χ3n) is 3.79. The van der Waals surface area contributed by atoms with Crippen molar-refractivity contribution in [2.75, 3.05) is 13.1 Å². The minimum absolute atomic E-state index is 0.107. The molecule has 1 heterocycles. The summed E-state index contributed by atoms with van der Waals surface area (Å²) in [5.74, 6) is -0.858. The Labute approximate surface area is 119 Å². The molecule has 0 aromatic heterocycles. The van der Waals surface area contributed by atoms with Crippen molar-refractivity contribution in [2.45, 2.75) is 31.1 Å². The minimum atomic E-state index is -3.73. The fourth-order valence-corrected chi connectivity index (χ4v) is 4.32. The molecule has 0 aliphatic carbocycles. The molecule has 2 rings (SSSR count). The van der Waals surface area contributed by atoms with Crippen LogP contribution >= 0.6 is 0 Å². The number of hydrogen-bond donors (Lipinski definition) is 1. The van der Waals surface area contributed by atoms with Gasteiger partial charge in [0.1, 0.15) is 0 Å². The summed E-state index contributed by atoms with van der Waals surface area (Å²) in [5, 5.41) is 9.14. The summed E-state index contributed by atoms with van der Waals surface area (Å²) in [4.78, 5) is 11.1. The maximum Gasteiger partial charge on any atom is 0.337 e. The van der Waals surface area contributed by atoms with Gasteiger partial charge in [0.05, 0.1) is 10.5 Å². The molecule has 1 aliphatic heterocycles. The van der Waals surface area contributed by atoms with Gasteiger partial charge < -0.3 is 5.11 Å². The summed E-state index contributed by atoms with van der Waals surface area (Å²) in [6.07, 6.45) is 2.79. The first-order chi connectivity index (χ1) is 9.46. The highest BCUT2D eigenvalue weighted by atomic mass is 32.2. The number of hydrogen-bond acceptors (Lipinski definition) is 3. The molecule has 20 heavy (non-hydrogen) atoms. The zero-order valence-electron chi connectivity index (χ0n) is 11.4. The molecule has 0 bridgehead atoms. The van der Waals surface area contributed by atoms with E-state index >= 15 is 0 Å². The van der Waals surface area contributed by atoms with Crippen LogP contribution in [-0.2, 0) is 10.0 Å². The molecule has 0 amide bonds. The summed E-state index contributed by atoms with van der Waals surface area (Å²) in [5.41, 5.74) is -0.161. The molecule has 1 N–H and O–H groups in total. The fourth-order valence-electron chi connectivity index (χ4n) is 2.59. The topological polar surface area (TPSA) is 74.7 Å². The second kappa shape index (κ2) is 5.93. The monoisotopic (exact) mass is 297 g/mol. The van der Waals surface area contributed by atoms with Crippen LogP contribution in [0, 0.1) is 5.92 Å². The molecule has 1 aliphatic rings. The van der Waals surface area contributed by atoms with Gasteiger partial charge in [-0.2, -0.15) is 4.31 Å². The predicted molar refractivity (Wildman–Crippen MR) is 75.2 cm³/mol. The predicted octanol–water partition coefficient (Wildman–Crippen LogP) is 2.20. The Morgan fingerprint density at radius 3 is 2.75 bits per heavy atom. The fraction of sp³-hybridized carbons (Fsp3) is 0.500. The van der Waals surface area contributed by atoms with Crippen LogP contribution < -0.4 is 0 Å². The molecule has 1 unspecified atom stereocenters. The normalized spacial score (nSPS) is 20.8. The van der Waals surface area contributed by atoms with E-state index in [4.69, 9.17) is 5.11 Å². The summed E-state index contributed by atoms with van der Waals surface area (Å²) in [6, 6.07) is 5.79. The summed E-state index contributed by atoms with van der Waals surface area (Å²) >= 11 is 0. The molecular formula is C14H19NO4S. The number of benzene rings is 1. The molecule has 0 radical (unpaired) electrons. The average Bonchev–Trinajstić information content (AvgIpc) is 2.47. The van der Waals surface area contributed by atoms with Crippen molar-refractivity contribution in [3.8, 4) is 0 Å². The third kappa shape index (κ3) is 2.86. The average molecular weight is 297 g/mol. The smallest absolute Gasteiger partial charge is 0.337 e. The second-order valence-corrected chi connectivity index (χ2v) is 6.99. The molecule has 1 fully saturated rings. The van der Waals surface area contributed by atoms with E-state index in [1.54, 1.807) is 6.07 Å². The van der Waals surface area contributed by atoms with Crippen molar-refractivity contribution in [1.29, 1.82) is 0 Å². The van der Waals surface area contributed by atoms with Gasteiger partial charge in [0.25, 0.3) is 0 Å². The lowest BCUT2D eigenvalue weighted by Gasteiger charge is -2.31. The molecule has 0 spiro atoms. The number of piperidine rings is 1. The Bertz CT molecular complexity index is 597. The Kier molecular flexibility index (Phi) is 4.45. The zero-order chi connectivity index (χ0) is 14.8. The van der Waals surface area contributed by atoms with Crippen LogP contribution in [0.1, 0.15) is 36.5 Å². The standard InChI is InChI=1S/C14H19NO4S/c1-2-11-6-5-9-15(10-11)20(18,19)13-8-4-3-7-12(13)14(16)17/h3-4,7-8,11H,2,5-6,9-10H2,1H3,(H,16,17). The van der Waals surface area contributed by atoms with Gasteiger partial charge in [0.15, 0.2) is 0 Å². The van der Waals surface area contributed by atoms with Crippen molar-refractivity contribution < 1.29 is 18.3 Å². The van der Waals surface area contributed by atoms with Gasteiger partial charge in [0.2, 0.25) is 10.0 Å². The zero-order valence-corrected chi connectivity index (χ0v) is 12.3. The summed E-state index contributed by atoms with van der Waals surface area (Å²) in [6.45, 7) is 2.99. The van der Waals surface area contributed by atoms with Gasteiger partial charge in [0, 0.05) is 13.1 Å². The first-order valence-corrected chi connectivity index (χ1v) is 8.23. The molecule has 1 aromatic carbocycles. The number of carbonyl (C=O) groups is 1. The van der Waals surface area contributed by atoms with Gasteiger partial charge in [-0.25, -0.2) is 13.2 Å². The lowest BCUT2D eigenvalue weighted by Crippen LogP contribution is -2.40. The first kappa shape index (κ1) is 15.0. The molecule has 6 heteroatoms. The first-order valence-electron chi connectivity index (χ1n) is 6.79. The Balaban J connectivity index is 2.38. The SMILES string of the molecule is CCC1CCCN(S(=O)(=O)c2ccccc2C(=O)O)C1. The van der Waals surface area contributed by atoms with Crippen molar-refractivity contribution in [2.24, 2.45) is 5.92 Å². The van der Waals surface area contributed by atoms with Crippen LogP contribution in [0.2, 0.25) is 0 Å². The molecule has 1 atom stereocenters. The second-order valence-electron chi connectivity index (χ2n) is 5.08. The van der Waals surface area contributed by atoms with Crippen LogP contribution in [0.3, 0.4) is 0 Å². The molecule has 110 valence electrons. The van der Waals surface area contributed by atoms with Crippen LogP contribution in [0.4, 0.5) is 0 Å². The quantitative estimate of drug-likeness (QED) is 0.924. The van der Waals surface area contributed by atoms with Crippen LogP contribution in [0.25, 0.3) is 0 Å². The number of aromatic carboxylic acids is 1. The van der Waals surface area contributed by atoms with Crippen molar-refractivity contribution in [3.05, 3.63) is 29.8 Å². The third-order valence-corrected chi connectivity index (χ3v) is 5.72. The van der Waals surface area contributed by atoms with E-state index in [-0.39, 0.29) is 10.5 Å². The number of carboxylic acid groups (broad SMARTS) is 1.